The van der Waals surface area contributed by atoms with Crippen LogP contribution in [0.5, 0.6) is 0 Å². The Kier molecular flexibility index (Phi) is 4.10. The summed E-state index contributed by atoms with van der Waals surface area (Å²) >= 11 is 0. The van der Waals surface area contributed by atoms with E-state index >= 15 is 0 Å². The summed E-state index contributed by atoms with van der Waals surface area (Å²) in [7, 11) is 0. The highest BCUT2D eigenvalue weighted by molar-refractivity contribution is 4.48. The molecule has 2 N–H and O–H groups in total. The zero-order chi connectivity index (χ0) is 6.41. The van der Waals surface area contributed by atoms with Crippen molar-refractivity contribution in [3.8, 4) is 0 Å². The topological polar surface area (TPSA) is 79.1 Å². The molecule has 0 aliphatic heterocycles. The van der Waals surface area contributed by atoms with Crippen LogP contribution in [0.4, 0.5) is 0 Å². The SMILES string of the molecule is O=NOC(CO)CO. The van der Waals surface area contributed by atoms with Crippen LogP contribution >= 0.6 is 0 Å². The molecule has 0 saturated heterocycles. The summed E-state index contributed by atoms with van der Waals surface area (Å²) in [6.45, 7) is -0.801. The van der Waals surface area contributed by atoms with E-state index in [2.05, 4.69) is 4.84 Å². The van der Waals surface area contributed by atoms with E-state index < -0.39 is 19.3 Å². The lowest BCUT2D eigenvalue weighted by atomic mass is 10.4. The first kappa shape index (κ1) is 7.32. The third kappa shape index (κ3) is 2.49. The number of aliphatic hydroxyl groups excluding tert-OH is 2. The van der Waals surface area contributed by atoms with Crippen molar-refractivity contribution in [1.82, 2.24) is 0 Å². The van der Waals surface area contributed by atoms with Crippen molar-refractivity contribution < 1.29 is 15.1 Å². The molecule has 0 aliphatic rings. The molecule has 0 bridgehead atoms. The summed E-state index contributed by atoms with van der Waals surface area (Å²) in [5, 5.41) is 18.4. The maximum absolute atomic E-state index is 9.24. The van der Waals surface area contributed by atoms with Gasteiger partial charge in [0, 0.05) is 0 Å². The molecular weight excluding hydrogens is 114 g/mol. The zero-order valence-electron chi connectivity index (χ0n) is 4.15. The van der Waals surface area contributed by atoms with Crippen molar-refractivity contribution in [3.63, 3.8) is 0 Å². The first-order valence-corrected chi connectivity index (χ1v) is 2.05. The average molecular weight is 121 g/mol. The van der Waals surface area contributed by atoms with Gasteiger partial charge in [0.15, 0.2) is 11.4 Å². The third-order valence-corrected chi connectivity index (χ3v) is 0.599. The molecule has 48 valence electrons. The van der Waals surface area contributed by atoms with Crippen molar-refractivity contribution in [1.29, 1.82) is 0 Å². The van der Waals surface area contributed by atoms with E-state index in [0.29, 0.717) is 0 Å². The quantitative estimate of drug-likeness (QED) is 0.370. The second-order valence-corrected chi connectivity index (χ2v) is 1.17. The second-order valence-electron chi connectivity index (χ2n) is 1.17. The molecule has 0 atom stereocenters. The minimum absolute atomic E-state index is 0.401. The summed E-state index contributed by atoms with van der Waals surface area (Å²) in [5.41, 5.74) is 0. The molecular formula is C3H7NO4. The largest absolute Gasteiger partial charge is 0.392 e. The minimum Gasteiger partial charge on any atom is -0.392 e. The molecule has 0 unspecified atom stereocenters. The molecule has 0 rings (SSSR count). The predicted molar refractivity (Wildman–Crippen MR) is 24.8 cm³/mol. The highest BCUT2D eigenvalue weighted by Gasteiger charge is 2.04. The Bertz CT molecular complexity index is 62.3. The molecule has 8 heavy (non-hydrogen) atoms. The summed E-state index contributed by atoms with van der Waals surface area (Å²) in [4.78, 5) is 13.1. The summed E-state index contributed by atoms with van der Waals surface area (Å²) in [5.74, 6) is 0. The fraction of sp³-hybridized carbons (Fsp3) is 1.00. The van der Waals surface area contributed by atoms with E-state index in [1.807, 2.05) is 5.34 Å². The van der Waals surface area contributed by atoms with Gasteiger partial charge in [0.2, 0.25) is 0 Å². The van der Waals surface area contributed by atoms with E-state index in [1.165, 1.54) is 0 Å². The Morgan fingerprint density at radius 2 is 2.00 bits per heavy atom. The lowest BCUT2D eigenvalue weighted by molar-refractivity contribution is -0.0194. The first-order chi connectivity index (χ1) is 3.85. The van der Waals surface area contributed by atoms with E-state index in [1.54, 1.807) is 0 Å². The number of hydrogen-bond donors (Lipinski definition) is 2. The minimum atomic E-state index is -0.868. The van der Waals surface area contributed by atoms with Crippen molar-refractivity contribution >= 4 is 0 Å². The molecule has 0 radical (unpaired) electrons. The number of aliphatic hydroxyl groups is 2. The molecule has 0 heterocycles. The number of hydrogen-bond acceptors (Lipinski definition) is 5. The van der Waals surface area contributed by atoms with E-state index in [9.17, 15) is 4.91 Å². The highest BCUT2D eigenvalue weighted by atomic mass is 16.7. The first-order valence-electron chi connectivity index (χ1n) is 2.05. The Balaban J connectivity index is 3.20. The summed E-state index contributed by atoms with van der Waals surface area (Å²) in [6, 6.07) is 0. The van der Waals surface area contributed by atoms with Crippen molar-refractivity contribution in [2.45, 2.75) is 6.10 Å². The van der Waals surface area contributed by atoms with Gasteiger partial charge in [-0.05, 0) is 0 Å². The van der Waals surface area contributed by atoms with Gasteiger partial charge < -0.3 is 15.1 Å². The molecule has 0 aromatic rings. The van der Waals surface area contributed by atoms with Crippen LogP contribution < -0.4 is 0 Å². The maximum Gasteiger partial charge on any atom is 0.176 e. The second kappa shape index (κ2) is 4.48. The molecule has 0 saturated carbocycles. The molecule has 5 nitrogen and oxygen atoms in total. The average Bonchev–Trinajstić information content (AvgIpc) is 1.83. The fourth-order valence-corrected chi connectivity index (χ4v) is 0.185. The van der Waals surface area contributed by atoms with Gasteiger partial charge in [0.05, 0.1) is 13.2 Å². The van der Waals surface area contributed by atoms with Gasteiger partial charge in [-0.25, -0.2) is 0 Å². The van der Waals surface area contributed by atoms with Gasteiger partial charge in [0.1, 0.15) is 0 Å². The molecule has 0 aromatic carbocycles. The normalized spacial score (nSPS) is 9.38. The van der Waals surface area contributed by atoms with Gasteiger partial charge in [-0.2, -0.15) is 0 Å². The lowest BCUT2D eigenvalue weighted by Gasteiger charge is -2.03. The fourth-order valence-electron chi connectivity index (χ4n) is 0.185. The van der Waals surface area contributed by atoms with Crippen LogP contribution in [0, 0.1) is 4.91 Å². The smallest absolute Gasteiger partial charge is 0.176 e. The molecule has 0 spiro atoms. The molecule has 0 aliphatic carbocycles. The van der Waals surface area contributed by atoms with Crippen molar-refractivity contribution in [2.75, 3.05) is 13.2 Å². The van der Waals surface area contributed by atoms with Crippen molar-refractivity contribution in [3.05, 3.63) is 4.91 Å². The standard InChI is InChI=1S/C3H7NO4/c5-1-3(2-6)8-4-7/h3,5-6H,1-2H2. The third-order valence-electron chi connectivity index (χ3n) is 0.599. The van der Waals surface area contributed by atoms with Gasteiger partial charge in [-0.15, -0.1) is 4.91 Å². The van der Waals surface area contributed by atoms with Crippen LogP contribution in [0.15, 0.2) is 5.34 Å². The Morgan fingerprint density at radius 1 is 1.50 bits per heavy atom. The van der Waals surface area contributed by atoms with Gasteiger partial charge >= 0.3 is 0 Å². The zero-order valence-corrected chi connectivity index (χ0v) is 4.15. The van der Waals surface area contributed by atoms with Gasteiger partial charge in [-0.1, -0.05) is 0 Å². The lowest BCUT2D eigenvalue weighted by Crippen LogP contribution is -2.18. The van der Waals surface area contributed by atoms with Crippen LogP contribution in [0.2, 0.25) is 0 Å². The van der Waals surface area contributed by atoms with Gasteiger partial charge in [0.25, 0.3) is 0 Å². The van der Waals surface area contributed by atoms with E-state index in [0.717, 1.165) is 0 Å². The van der Waals surface area contributed by atoms with Crippen LogP contribution in [0.25, 0.3) is 0 Å². The number of nitrogens with zero attached hydrogens (tertiary/aromatic N) is 1. The summed E-state index contributed by atoms with van der Waals surface area (Å²) < 4.78 is 0. The molecule has 5 heteroatoms. The van der Waals surface area contributed by atoms with Crippen LogP contribution in [-0.4, -0.2) is 29.5 Å². The summed E-state index contributed by atoms with van der Waals surface area (Å²) in [6.07, 6.45) is -0.868. The van der Waals surface area contributed by atoms with Crippen LogP contribution in [0.1, 0.15) is 0 Å². The molecule has 0 aromatic heterocycles. The number of rotatable bonds is 4. The Hall–Kier alpha value is -0.680. The monoisotopic (exact) mass is 121 g/mol. The van der Waals surface area contributed by atoms with Crippen LogP contribution in [0.3, 0.4) is 0 Å². The highest BCUT2D eigenvalue weighted by Crippen LogP contribution is 1.87. The van der Waals surface area contributed by atoms with Crippen molar-refractivity contribution in [2.24, 2.45) is 5.34 Å². The predicted octanol–water partition coefficient (Wildman–Crippen LogP) is -0.962. The maximum atomic E-state index is 9.24. The molecule has 0 fully saturated rings. The van der Waals surface area contributed by atoms with E-state index in [-0.39, 0.29) is 0 Å². The van der Waals surface area contributed by atoms with E-state index in [4.69, 9.17) is 10.2 Å². The molecule has 0 amide bonds. The Morgan fingerprint density at radius 3 is 2.12 bits per heavy atom. The van der Waals surface area contributed by atoms with Crippen LogP contribution in [-0.2, 0) is 4.84 Å². The van der Waals surface area contributed by atoms with Gasteiger partial charge in [-0.3, -0.25) is 0 Å². The Labute approximate surface area is 45.8 Å².